The van der Waals surface area contributed by atoms with Crippen LogP contribution in [0.25, 0.3) is 0 Å². The first-order valence-electron chi connectivity index (χ1n) is 6.59. The summed E-state index contributed by atoms with van der Waals surface area (Å²) in [4.78, 5) is 0. The molecule has 5 heteroatoms. The summed E-state index contributed by atoms with van der Waals surface area (Å²) in [5.74, 6) is -0.232. The van der Waals surface area contributed by atoms with Crippen molar-refractivity contribution in [1.82, 2.24) is 15.1 Å². The first-order chi connectivity index (χ1) is 9.40. The zero-order chi connectivity index (χ0) is 14.9. The van der Waals surface area contributed by atoms with E-state index in [1.807, 2.05) is 17.9 Å². The number of nitrogens with one attached hydrogen (secondary N) is 1. The van der Waals surface area contributed by atoms with Gasteiger partial charge >= 0.3 is 0 Å². The summed E-state index contributed by atoms with van der Waals surface area (Å²) in [7, 11) is 1.94. The van der Waals surface area contributed by atoms with Crippen LogP contribution in [0.3, 0.4) is 0 Å². The molecule has 0 saturated carbocycles. The molecule has 0 saturated heterocycles. The number of rotatable bonds is 4. The van der Waals surface area contributed by atoms with Crippen LogP contribution in [0.5, 0.6) is 0 Å². The second-order valence-electron chi connectivity index (χ2n) is 5.08. The average molecular weight is 340 g/mol. The number of halogens is 2. The average Bonchev–Trinajstić information content (AvgIpc) is 2.69. The summed E-state index contributed by atoms with van der Waals surface area (Å²) in [5, 5.41) is 7.79. The second-order valence-corrected chi connectivity index (χ2v) is 5.94. The van der Waals surface area contributed by atoms with Crippen LogP contribution in [0, 0.1) is 12.7 Å². The molecule has 108 valence electrons. The van der Waals surface area contributed by atoms with E-state index in [0.29, 0.717) is 0 Å². The fourth-order valence-electron chi connectivity index (χ4n) is 2.35. The predicted molar refractivity (Wildman–Crippen MR) is 82.0 cm³/mol. The van der Waals surface area contributed by atoms with Crippen molar-refractivity contribution >= 4 is 15.9 Å². The van der Waals surface area contributed by atoms with Gasteiger partial charge in [0.05, 0.1) is 6.20 Å². The number of aromatic nitrogens is 2. The minimum atomic E-state index is -0.232. The number of hydrogen-bond donors (Lipinski definition) is 1. The highest BCUT2D eigenvalue weighted by Gasteiger charge is 2.16. The Morgan fingerprint density at radius 3 is 2.45 bits per heavy atom. The van der Waals surface area contributed by atoms with Gasteiger partial charge in [-0.3, -0.25) is 4.68 Å². The van der Waals surface area contributed by atoms with Crippen molar-refractivity contribution in [1.29, 1.82) is 0 Å². The Labute approximate surface area is 127 Å². The fourth-order valence-corrected chi connectivity index (χ4v) is 3.04. The maximum absolute atomic E-state index is 13.1. The first kappa shape index (κ1) is 15.2. The molecule has 2 rings (SSSR count). The lowest BCUT2D eigenvalue weighted by Crippen LogP contribution is -2.23. The van der Waals surface area contributed by atoms with Crippen LogP contribution in [0.2, 0.25) is 0 Å². The molecule has 0 radical (unpaired) electrons. The second kappa shape index (κ2) is 6.06. The molecule has 1 heterocycles. The van der Waals surface area contributed by atoms with Gasteiger partial charge in [0, 0.05) is 34.9 Å². The molecule has 1 aromatic heterocycles. The highest BCUT2D eigenvalue weighted by Crippen LogP contribution is 2.27. The van der Waals surface area contributed by atoms with Gasteiger partial charge in [-0.15, -0.1) is 0 Å². The van der Waals surface area contributed by atoms with Crippen molar-refractivity contribution < 1.29 is 4.39 Å². The Hall–Kier alpha value is -1.20. The van der Waals surface area contributed by atoms with Gasteiger partial charge in [0.1, 0.15) is 5.82 Å². The normalized spacial score (nSPS) is 14.3. The van der Waals surface area contributed by atoms with E-state index in [9.17, 15) is 4.39 Å². The largest absolute Gasteiger partial charge is 0.303 e. The lowest BCUT2D eigenvalue weighted by atomic mass is 10.0. The predicted octanol–water partition coefficient (Wildman–Crippen LogP) is 4.04. The summed E-state index contributed by atoms with van der Waals surface area (Å²) < 4.78 is 15.8. The minimum Gasteiger partial charge on any atom is -0.303 e. The monoisotopic (exact) mass is 339 g/mol. The van der Waals surface area contributed by atoms with Gasteiger partial charge in [-0.1, -0.05) is 22.0 Å². The third-order valence-electron chi connectivity index (χ3n) is 3.67. The van der Waals surface area contributed by atoms with Crippen molar-refractivity contribution in [2.45, 2.75) is 32.9 Å². The molecule has 20 heavy (non-hydrogen) atoms. The summed E-state index contributed by atoms with van der Waals surface area (Å²) >= 11 is 3.42. The van der Waals surface area contributed by atoms with Crippen LogP contribution in [-0.2, 0) is 7.05 Å². The van der Waals surface area contributed by atoms with Crippen molar-refractivity contribution in [3.8, 4) is 0 Å². The molecule has 1 N–H and O–H groups in total. The van der Waals surface area contributed by atoms with E-state index >= 15 is 0 Å². The number of aryl methyl sites for hydroxylation is 1. The third-order valence-corrected chi connectivity index (χ3v) is 4.36. The minimum absolute atomic E-state index is 0.111. The Kier molecular flexibility index (Phi) is 4.60. The Morgan fingerprint density at radius 2 is 1.90 bits per heavy atom. The molecule has 0 fully saturated rings. The van der Waals surface area contributed by atoms with E-state index in [2.05, 4.69) is 47.1 Å². The fraction of sp³-hybridized carbons (Fsp3) is 0.400. The quantitative estimate of drug-likeness (QED) is 0.910. The number of benzene rings is 1. The molecular formula is C15H19BrFN3. The van der Waals surface area contributed by atoms with Gasteiger partial charge in [0.2, 0.25) is 0 Å². The molecule has 0 spiro atoms. The molecule has 0 aliphatic carbocycles. The Bertz CT molecular complexity index is 609. The van der Waals surface area contributed by atoms with Crippen molar-refractivity contribution in [2.24, 2.45) is 7.05 Å². The number of nitrogens with zero attached hydrogens (tertiary/aromatic N) is 2. The molecule has 0 amide bonds. The highest BCUT2D eigenvalue weighted by molar-refractivity contribution is 9.10. The number of hydrogen-bond acceptors (Lipinski definition) is 2. The van der Waals surface area contributed by atoms with Gasteiger partial charge in [0.25, 0.3) is 0 Å². The van der Waals surface area contributed by atoms with E-state index < -0.39 is 0 Å². The van der Waals surface area contributed by atoms with Crippen molar-refractivity contribution in [3.63, 3.8) is 0 Å². The zero-order valence-corrected chi connectivity index (χ0v) is 13.7. The van der Waals surface area contributed by atoms with Gasteiger partial charge < -0.3 is 5.32 Å². The van der Waals surface area contributed by atoms with Crippen LogP contribution < -0.4 is 5.32 Å². The Morgan fingerprint density at radius 1 is 1.25 bits per heavy atom. The molecule has 0 aliphatic heterocycles. The van der Waals surface area contributed by atoms with Crippen molar-refractivity contribution in [2.75, 3.05) is 0 Å². The maximum Gasteiger partial charge on any atom is 0.124 e. The first-order valence-corrected chi connectivity index (χ1v) is 7.39. The Balaban J connectivity index is 2.15. The highest BCUT2D eigenvalue weighted by atomic mass is 79.9. The summed E-state index contributed by atoms with van der Waals surface area (Å²) in [5.41, 5.74) is 3.37. The van der Waals surface area contributed by atoms with Crippen molar-refractivity contribution in [3.05, 3.63) is 51.5 Å². The molecular weight excluding hydrogens is 321 g/mol. The topological polar surface area (TPSA) is 29.9 Å². The van der Waals surface area contributed by atoms with Crippen LogP contribution in [0.15, 0.2) is 28.9 Å². The van der Waals surface area contributed by atoms with Gasteiger partial charge in [0.15, 0.2) is 0 Å². The van der Waals surface area contributed by atoms with E-state index in [1.165, 1.54) is 17.7 Å². The van der Waals surface area contributed by atoms with Gasteiger partial charge in [-0.05, 0) is 38.5 Å². The summed E-state index contributed by atoms with van der Waals surface area (Å²) in [6.45, 7) is 6.23. The van der Waals surface area contributed by atoms with E-state index in [-0.39, 0.29) is 17.9 Å². The van der Waals surface area contributed by atoms with E-state index in [0.717, 1.165) is 15.7 Å². The standard InChI is InChI=1S/C15H19BrFN3/c1-9(13-6-5-12(17)7-15(13)16)19-10(2)14-8-18-20(4)11(14)3/h5-10,19H,1-4H3. The summed E-state index contributed by atoms with van der Waals surface area (Å²) in [6.07, 6.45) is 1.89. The third kappa shape index (κ3) is 3.10. The molecule has 2 atom stereocenters. The lowest BCUT2D eigenvalue weighted by molar-refractivity contribution is 0.490. The molecule has 0 bridgehead atoms. The molecule has 3 nitrogen and oxygen atoms in total. The van der Waals surface area contributed by atoms with Gasteiger partial charge in [-0.25, -0.2) is 4.39 Å². The smallest absolute Gasteiger partial charge is 0.124 e. The maximum atomic E-state index is 13.1. The van der Waals surface area contributed by atoms with E-state index in [1.54, 1.807) is 6.07 Å². The van der Waals surface area contributed by atoms with E-state index in [4.69, 9.17) is 0 Å². The van der Waals surface area contributed by atoms with Crippen LogP contribution in [0.4, 0.5) is 4.39 Å². The van der Waals surface area contributed by atoms with Crippen LogP contribution in [0.1, 0.15) is 42.8 Å². The summed E-state index contributed by atoms with van der Waals surface area (Å²) in [6, 6.07) is 5.07. The molecule has 2 aromatic rings. The van der Waals surface area contributed by atoms with Gasteiger partial charge in [-0.2, -0.15) is 5.10 Å². The van der Waals surface area contributed by atoms with Crippen LogP contribution >= 0.6 is 15.9 Å². The molecule has 0 aliphatic rings. The zero-order valence-electron chi connectivity index (χ0n) is 12.1. The van der Waals surface area contributed by atoms with Crippen LogP contribution in [-0.4, -0.2) is 9.78 Å². The molecule has 1 aromatic carbocycles. The lowest BCUT2D eigenvalue weighted by Gasteiger charge is -2.21. The molecule has 2 unspecified atom stereocenters. The SMILES string of the molecule is Cc1c(C(C)NC(C)c2ccc(F)cc2Br)cnn1C.